The summed E-state index contributed by atoms with van der Waals surface area (Å²) in [7, 11) is 0. The lowest BCUT2D eigenvalue weighted by molar-refractivity contribution is 0.900. The van der Waals surface area contributed by atoms with Crippen molar-refractivity contribution in [3.05, 3.63) is 78.9 Å². The van der Waals surface area contributed by atoms with Gasteiger partial charge in [-0.15, -0.1) is 0 Å². The van der Waals surface area contributed by atoms with E-state index in [4.69, 9.17) is 10.7 Å². The lowest BCUT2D eigenvalue weighted by atomic mass is 10.0. The molecule has 0 bridgehead atoms. The van der Waals surface area contributed by atoms with Crippen LogP contribution in [0.4, 0.5) is 11.4 Å². The summed E-state index contributed by atoms with van der Waals surface area (Å²) in [5.74, 6) is 0.852. The molecule has 4 N–H and O–H groups in total. The van der Waals surface area contributed by atoms with Crippen LogP contribution in [0.25, 0.3) is 33.9 Å². The van der Waals surface area contributed by atoms with Gasteiger partial charge in [0.15, 0.2) is 0 Å². The molecule has 0 aliphatic carbocycles. The van der Waals surface area contributed by atoms with E-state index < -0.39 is 0 Å². The molecule has 1 heterocycles. The minimum absolute atomic E-state index is 0.296. The van der Waals surface area contributed by atoms with Crippen LogP contribution in [-0.2, 0) is 0 Å². The Morgan fingerprint density at radius 3 is 2.11 bits per heavy atom. The van der Waals surface area contributed by atoms with Crippen LogP contribution >= 0.6 is 0 Å². The SMILES string of the molecule is CC(C)Nc1cc(-c2nc(-c3ccccc3)[nH]c2-c2ccccc2)ccc1N. The van der Waals surface area contributed by atoms with Crippen molar-refractivity contribution in [1.29, 1.82) is 0 Å². The normalized spacial score (nSPS) is 11.0. The zero-order chi connectivity index (χ0) is 19.5. The Hall–Kier alpha value is -3.53. The topological polar surface area (TPSA) is 66.7 Å². The number of nitrogens with zero attached hydrogens (tertiary/aromatic N) is 1. The highest BCUT2D eigenvalue weighted by atomic mass is 14.9. The number of hydrogen-bond acceptors (Lipinski definition) is 3. The lowest BCUT2D eigenvalue weighted by Gasteiger charge is -2.14. The molecular formula is C24H24N4. The van der Waals surface area contributed by atoms with Crippen LogP contribution < -0.4 is 11.1 Å². The maximum Gasteiger partial charge on any atom is 0.138 e. The summed E-state index contributed by atoms with van der Waals surface area (Å²) >= 11 is 0. The summed E-state index contributed by atoms with van der Waals surface area (Å²) in [6.45, 7) is 4.20. The summed E-state index contributed by atoms with van der Waals surface area (Å²) in [6.07, 6.45) is 0. The highest BCUT2D eigenvalue weighted by molar-refractivity contribution is 5.84. The molecule has 4 aromatic rings. The van der Waals surface area contributed by atoms with Crippen molar-refractivity contribution in [3.8, 4) is 33.9 Å². The Morgan fingerprint density at radius 2 is 1.46 bits per heavy atom. The van der Waals surface area contributed by atoms with Gasteiger partial charge in [-0.2, -0.15) is 0 Å². The average molecular weight is 368 g/mol. The summed E-state index contributed by atoms with van der Waals surface area (Å²) in [5.41, 5.74) is 12.9. The fraction of sp³-hybridized carbons (Fsp3) is 0.125. The standard InChI is InChI=1S/C24H24N4/c1-16(2)26-21-15-19(13-14-20(21)25)23-22(17-9-5-3-6-10-17)27-24(28-23)18-11-7-4-8-12-18/h3-16,26H,25H2,1-2H3,(H,27,28). The number of benzene rings is 3. The lowest BCUT2D eigenvalue weighted by Crippen LogP contribution is -2.11. The second-order valence-corrected chi connectivity index (χ2v) is 7.14. The summed E-state index contributed by atoms with van der Waals surface area (Å²) < 4.78 is 0. The molecule has 4 rings (SSSR count). The minimum Gasteiger partial charge on any atom is -0.397 e. The molecule has 0 aliphatic heterocycles. The third kappa shape index (κ3) is 3.62. The van der Waals surface area contributed by atoms with E-state index in [0.29, 0.717) is 6.04 Å². The van der Waals surface area contributed by atoms with E-state index in [9.17, 15) is 0 Å². The molecule has 0 atom stereocenters. The van der Waals surface area contributed by atoms with Gasteiger partial charge < -0.3 is 16.0 Å². The molecule has 4 heteroatoms. The molecule has 0 amide bonds. The molecule has 0 saturated carbocycles. The average Bonchev–Trinajstić information content (AvgIpc) is 3.16. The van der Waals surface area contributed by atoms with Gasteiger partial charge in [-0.3, -0.25) is 0 Å². The quantitative estimate of drug-likeness (QED) is 0.389. The van der Waals surface area contributed by atoms with Crippen LogP contribution in [0.1, 0.15) is 13.8 Å². The highest BCUT2D eigenvalue weighted by Crippen LogP contribution is 2.35. The van der Waals surface area contributed by atoms with E-state index in [1.807, 2.05) is 48.5 Å². The molecule has 28 heavy (non-hydrogen) atoms. The van der Waals surface area contributed by atoms with Crippen molar-refractivity contribution >= 4 is 11.4 Å². The number of H-pyrrole nitrogens is 1. The van der Waals surface area contributed by atoms with Crippen LogP contribution in [0.15, 0.2) is 78.9 Å². The number of anilines is 2. The van der Waals surface area contributed by atoms with Crippen molar-refractivity contribution in [1.82, 2.24) is 9.97 Å². The van der Waals surface area contributed by atoms with Crippen molar-refractivity contribution in [2.75, 3.05) is 11.1 Å². The maximum atomic E-state index is 6.17. The zero-order valence-corrected chi connectivity index (χ0v) is 16.1. The Kier molecular flexibility index (Phi) is 4.85. The van der Waals surface area contributed by atoms with Gasteiger partial charge in [-0.25, -0.2) is 4.98 Å². The van der Waals surface area contributed by atoms with Crippen molar-refractivity contribution < 1.29 is 0 Å². The Bertz CT molecular complexity index is 1070. The van der Waals surface area contributed by atoms with Gasteiger partial charge in [-0.05, 0) is 26.0 Å². The monoisotopic (exact) mass is 368 g/mol. The molecule has 0 radical (unpaired) electrons. The van der Waals surface area contributed by atoms with Gasteiger partial charge in [-0.1, -0.05) is 66.7 Å². The number of nitrogen functional groups attached to an aromatic ring is 1. The first-order valence-electron chi connectivity index (χ1n) is 9.49. The fourth-order valence-electron chi connectivity index (χ4n) is 3.27. The van der Waals surface area contributed by atoms with Gasteiger partial charge in [0.05, 0.1) is 22.8 Å². The fourth-order valence-corrected chi connectivity index (χ4v) is 3.27. The molecule has 140 valence electrons. The largest absolute Gasteiger partial charge is 0.397 e. The van der Waals surface area contributed by atoms with Crippen LogP contribution in [0.3, 0.4) is 0 Å². The molecule has 0 unspecified atom stereocenters. The van der Waals surface area contributed by atoms with Crippen LogP contribution in [-0.4, -0.2) is 16.0 Å². The molecule has 1 aromatic heterocycles. The number of nitrogens with one attached hydrogen (secondary N) is 2. The first kappa shape index (κ1) is 17.9. The van der Waals surface area contributed by atoms with Crippen LogP contribution in [0.2, 0.25) is 0 Å². The van der Waals surface area contributed by atoms with Crippen LogP contribution in [0, 0.1) is 0 Å². The number of hydrogen-bond donors (Lipinski definition) is 3. The molecule has 3 aromatic carbocycles. The van der Waals surface area contributed by atoms with E-state index in [1.54, 1.807) is 0 Å². The van der Waals surface area contributed by atoms with Crippen molar-refractivity contribution in [2.24, 2.45) is 0 Å². The maximum absolute atomic E-state index is 6.17. The smallest absolute Gasteiger partial charge is 0.138 e. The molecule has 0 spiro atoms. The first-order chi connectivity index (χ1) is 13.6. The summed E-state index contributed by atoms with van der Waals surface area (Å²) in [6, 6.07) is 26.8. The molecule has 4 nitrogen and oxygen atoms in total. The van der Waals surface area contributed by atoms with Crippen molar-refractivity contribution in [3.63, 3.8) is 0 Å². The third-order valence-electron chi connectivity index (χ3n) is 4.58. The number of imidazole rings is 1. The second-order valence-electron chi connectivity index (χ2n) is 7.14. The van der Waals surface area contributed by atoms with Gasteiger partial charge in [0.1, 0.15) is 5.82 Å². The highest BCUT2D eigenvalue weighted by Gasteiger charge is 2.16. The first-order valence-corrected chi connectivity index (χ1v) is 9.49. The van der Waals surface area contributed by atoms with E-state index in [0.717, 1.165) is 45.3 Å². The van der Waals surface area contributed by atoms with Crippen molar-refractivity contribution in [2.45, 2.75) is 19.9 Å². The van der Waals surface area contributed by atoms with Gasteiger partial charge >= 0.3 is 0 Å². The molecular weight excluding hydrogens is 344 g/mol. The zero-order valence-electron chi connectivity index (χ0n) is 16.1. The van der Waals surface area contributed by atoms with E-state index in [-0.39, 0.29) is 0 Å². The number of rotatable bonds is 5. The van der Waals surface area contributed by atoms with E-state index >= 15 is 0 Å². The van der Waals surface area contributed by atoms with E-state index in [1.165, 1.54) is 0 Å². The summed E-state index contributed by atoms with van der Waals surface area (Å²) in [5, 5.41) is 3.42. The third-order valence-corrected chi connectivity index (χ3v) is 4.58. The van der Waals surface area contributed by atoms with E-state index in [2.05, 4.69) is 54.5 Å². The predicted octanol–water partition coefficient (Wildman–Crippen LogP) is 5.81. The number of nitrogens with two attached hydrogens (primary N) is 1. The second kappa shape index (κ2) is 7.61. The Balaban J connectivity index is 1.87. The number of aromatic amines is 1. The minimum atomic E-state index is 0.296. The number of aromatic nitrogens is 2. The molecule has 0 saturated heterocycles. The van der Waals surface area contributed by atoms with Gasteiger partial charge in [0.25, 0.3) is 0 Å². The van der Waals surface area contributed by atoms with Gasteiger partial charge in [0, 0.05) is 22.7 Å². The Morgan fingerprint density at radius 1 is 0.821 bits per heavy atom. The Labute approximate surface area is 165 Å². The molecule has 0 fully saturated rings. The van der Waals surface area contributed by atoms with Gasteiger partial charge in [0.2, 0.25) is 0 Å². The predicted molar refractivity (Wildman–Crippen MR) is 118 cm³/mol. The van der Waals surface area contributed by atoms with Crippen LogP contribution in [0.5, 0.6) is 0 Å². The molecule has 0 aliphatic rings. The summed E-state index contributed by atoms with van der Waals surface area (Å²) in [4.78, 5) is 8.48.